The fraction of sp³-hybridized carbons (Fsp3) is 0.0769. The summed E-state index contributed by atoms with van der Waals surface area (Å²) in [6.45, 7) is 0. The van der Waals surface area contributed by atoms with E-state index in [1.807, 2.05) is 0 Å². The van der Waals surface area contributed by atoms with Crippen LogP contribution in [0.4, 0.5) is 13.2 Å². The standard InChI is InChI=1S/C13H8BrClF3N/c14-9-2-1-6(15)3-7(9)13(19)8-4-11(17)12(18)5-10(8)16/h1-5,13H,19H2. The molecular formula is C13H8BrClF3N. The molecule has 6 heteroatoms. The van der Waals surface area contributed by atoms with Crippen molar-refractivity contribution in [1.82, 2.24) is 0 Å². The van der Waals surface area contributed by atoms with Crippen molar-refractivity contribution < 1.29 is 13.2 Å². The van der Waals surface area contributed by atoms with Crippen LogP contribution in [0.2, 0.25) is 5.02 Å². The molecule has 0 saturated heterocycles. The summed E-state index contributed by atoms with van der Waals surface area (Å²) in [5, 5.41) is 0.414. The molecule has 0 fully saturated rings. The summed E-state index contributed by atoms with van der Waals surface area (Å²) in [6, 6.07) is 5.09. The maximum absolute atomic E-state index is 13.7. The second-order valence-electron chi connectivity index (χ2n) is 3.93. The summed E-state index contributed by atoms with van der Waals surface area (Å²) in [4.78, 5) is 0. The number of rotatable bonds is 2. The van der Waals surface area contributed by atoms with Crippen molar-refractivity contribution in [2.75, 3.05) is 0 Å². The van der Waals surface area contributed by atoms with Gasteiger partial charge in [-0.25, -0.2) is 13.2 Å². The molecule has 0 amide bonds. The van der Waals surface area contributed by atoms with E-state index < -0.39 is 23.5 Å². The number of benzene rings is 2. The number of hydrogen-bond donors (Lipinski definition) is 1. The van der Waals surface area contributed by atoms with Gasteiger partial charge >= 0.3 is 0 Å². The highest BCUT2D eigenvalue weighted by Crippen LogP contribution is 2.31. The first-order chi connectivity index (χ1) is 8.90. The average molecular weight is 351 g/mol. The molecular weight excluding hydrogens is 343 g/mol. The minimum atomic E-state index is -1.25. The summed E-state index contributed by atoms with van der Waals surface area (Å²) < 4.78 is 40.3. The summed E-state index contributed by atoms with van der Waals surface area (Å²) in [5.74, 6) is -3.30. The van der Waals surface area contributed by atoms with Crippen LogP contribution in [0.3, 0.4) is 0 Å². The van der Waals surface area contributed by atoms with Gasteiger partial charge in [0.05, 0.1) is 6.04 Å². The van der Waals surface area contributed by atoms with Gasteiger partial charge in [-0.05, 0) is 29.8 Å². The lowest BCUT2D eigenvalue weighted by molar-refractivity contribution is 0.487. The molecule has 100 valence electrons. The van der Waals surface area contributed by atoms with Crippen molar-refractivity contribution >= 4 is 27.5 Å². The average Bonchev–Trinajstić information content (AvgIpc) is 2.36. The first-order valence-corrected chi connectivity index (χ1v) is 6.42. The van der Waals surface area contributed by atoms with Gasteiger partial charge in [-0.3, -0.25) is 0 Å². The zero-order chi connectivity index (χ0) is 14.2. The summed E-state index contributed by atoms with van der Waals surface area (Å²) in [5.41, 5.74) is 6.23. The van der Waals surface area contributed by atoms with Gasteiger partial charge in [0.15, 0.2) is 11.6 Å². The van der Waals surface area contributed by atoms with E-state index in [9.17, 15) is 13.2 Å². The smallest absolute Gasteiger partial charge is 0.161 e. The molecule has 0 aliphatic rings. The SMILES string of the molecule is NC(c1cc(F)c(F)cc1F)c1cc(Cl)ccc1Br. The quantitative estimate of drug-likeness (QED) is 0.789. The van der Waals surface area contributed by atoms with Crippen molar-refractivity contribution in [3.8, 4) is 0 Å². The molecule has 0 bridgehead atoms. The molecule has 0 radical (unpaired) electrons. The van der Waals surface area contributed by atoms with Crippen molar-refractivity contribution in [2.45, 2.75) is 6.04 Å². The van der Waals surface area contributed by atoms with Gasteiger partial charge < -0.3 is 5.73 Å². The minimum Gasteiger partial charge on any atom is -0.320 e. The Kier molecular flexibility index (Phi) is 4.18. The molecule has 1 unspecified atom stereocenters. The van der Waals surface area contributed by atoms with Crippen molar-refractivity contribution in [2.24, 2.45) is 5.73 Å². The van der Waals surface area contributed by atoms with E-state index in [0.29, 0.717) is 21.1 Å². The fourth-order valence-corrected chi connectivity index (χ4v) is 2.37. The lowest BCUT2D eigenvalue weighted by atomic mass is 9.99. The van der Waals surface area contributed by atoms with Crippen LogP contribution in [0.25, 0.3) is 0 Å². The molecule has 1 atom stereocenters. The maximum Gasteiger partial charge on any atom is 0.161 e. The van der Waals surface area contributed by atoms with Gasteiger partial charge in [0.25, 0.3) is 0 Å². The molecule has 1 nitrogen and oxygen atoms in total. The lowest BCUT2D eigenvalue weighted by Crippen LogP contribution is -2.15. The molecule has 0 spiro atoms. The largest absolute Gasteiger partial charge is 0.320 e. The van der Waals surface area contributed by atoms with Crippen LogP contribution in [0.1, 0.15) is 17.2 Å². The molecule has 0 aliphatic carbocycles. The van der Waals surface area contributed by atoms with Crippen LogP contribution in [-0.2, 0) is 0 Å². The van der Waals surface area contributed by atoms with Gasteiger partial charge in [0, 0.05) is 21.1 Å². The normalized spacial score (nSPS) is 12.5. The number of halogens is 5. The Hall–Kier alpha value is -1.04. The predicted octanol–water partition coefficient (Wildman–Crippen LogP) is 4.57. The van der Waals surface area contributed by atoms with Crippen LogP contribution < -0.4 is 5.73 Å². The van der Waals surface area contributed by atoms with E-state index in [-0.39, 0.29) is 5.56 Å². The third kappa shape index (κ3) is 2.94. The first kappa shape index (κ1) is 14.4. The Morgan fingerprint density at radius 3 is 2.26 bits per heavy atom. The zero-order valence-corrected chi connectivity index (χ0v) is 11.8. The molecule has 0 aromatic heterocycles. The second kappa shape index (κ2) is 5.53. The van der Waals surface area contributed by atoms with E-state index >= 15 is 0 Å². The molecule has 0 aliphatic heterocycles. The second-order valence-corrected chi connectivity index (χ2v) is 5.22. The first-order valence-electron chi connectivity index (χ1n) is 5.25. The Labute approximate surface area is 121 Å². The number of nitrogens with two attached hydrogens (primary N) is 1. The Morgan fingerprint density at radius 2 is 1.58 bits per heavy atom. The molecule has 0 saturated carbocycles. The Morgan fingerprint density at radius 1 is 0.947 bits per heavy atom. The highest BCUT2D eigenvalue weighted by atomic mass is 79.9. The minimum absolute atomic E-state index is 0.137. The van der Waals surface area contributed by atoms with Gasteiger partial charge in [0.1, 0.15) is 5.82 Å². The van der Waals surface area contributed by atoms with E-state index in [0.717, 1.165) is 6.07 Å². The molecule has 19 heavy (non-hydrogen) atoms. The van der Waals surface area contributed by atoms with Gasteiger partial charge in [0.2, 0.25) is 0 Å². The highest BCUT2D eigenvalue weighted by Gasteiger charge is 2.19. The topological polar surface area (TPSA) is 26.0 Å². The Balaban J connectivity index is 2.52. The Bertz CT molecular complexity index is 634. The van der Waals surface area contributed by atoms with Crippen LogP contribution >= 0.6 is 27.5 Å². The van der Waals surface area contributed by atoms with Crippen LogP contribution in [-0.4, -0.2) is 0 Å². The maximum atomic E-state index is 13.7. The summed E-state index contributed by atoms with van der Waals surface area (Å²) >= 11 is 9.10. The summed E-state index contributed by atoms with van der Waals surface area (Å²) in [6.07, 6.45) is 0. The highest BCUT2D eigenvalue weighted by molar-refractivity contribution is 9.10. The summed E-state index contributed by atoms with van der Waals surface area (Å²) in [7, 11) is 0. The van der Waals surface area contributed by atoms with Crippen LogP contribution in [0.5, 0.6) is 0 Å². The molecule has 2 aromatic carbocycles. The van der Waals surface area contributed by atoms with Crippen LogP contribution in [0.15, 0.2) is 34.8 Å². The van der Waals surface area contributed by atoms with Crippen LogP contribution in [0, 0.1) is 17.5 Å². The zero-order valence-electron chi connectivity index (χ0n) is 9.43. The van der Waals surface area contributed by atoms with Gasteiger partial charge in [-0.2, -0.15) is 0 Å². The van der Waals surface area contributed by atoms with Crippen molar-refractivity contribution in [1.29, 1.82) is 0 Å². The van der Waals surface area contributed by atoms with E-state index in [1.165, 1.54) is 6.07 Å². The third-order valence-electron chi connectivity index (χ3n) is 2.67. The van der Waals surface area contributed by atoms with E-state index in [4.69, 9.17) is 17.3 Å². The molecule has 2 rings (SSSR count). The third-order valence-corrected chi connectivity index (χ3v) is 3.63. The fourth-order valence-electron chi connectivity index (χ4n) is 1.70. The lowest BCUT2D eigenvalue weighted by Gasteiger charge is -2.16. The molecule has 0 heterocycles. The van der Waals surface area contributed by atoms with E-state index in [1.54, 1.807) is 12.1 Å². The van der Waals surface area contributed by atoms with E-state index in [2.05, 4.69) is 15.9 Å². The van der Waals surface area contributed by atoms with Crippen molar-refractivity contribution in [3.05, 3.63) is 68.4 Å². The van der Waals surface area contributed by atoms with Gasteiger partial charge in [-0.15, -0.1) is 0 Å². The monoisotopic (exact) mass is 349 g/mol. The van der Waals surface area contributed by atoms with Crippen molar-refractivity contribution in [3.63, 3.8) is 0 Å². The number of hydrogen-bond acceptors (Lipinski definition) is 1. The molecule has 2 N–H and O–H groups in total. The molecule has 2 aromatic rings. The van der Waals surface area contributed by atoms with Gasteiger partial charge in [-0.1, -0.05) is 27.5 Å². The predicted molar refractivity (Wildman–Crippen MR) is 71.5 cm³/mol.